The van der Waals surface area contributed by atoms with Gasteiger partial charge in [0.25, 0.3) is 0 Å². The van der Waals surface area contributed by atoms with Gasteiger partial charge in [-0.2, -0.15) is 0 Å². The summed E-state index contributed by atoms with van der Waals surface area (Å²) >= 11 is 1.61. The molecule has 0 aromatic rings. The number of thioether (sulfide) groups is 1. The third kappa shape index (κ3) is 3.18. The summed E-state index contributed by atoms with van der Waals surface area (Å²) in [6.45, 7) is 13.6. The van der Waals surface area contributed by atoms with Gasteiger partial charge in [0.2, 0.25) is 11.8 Å². The van der Waals surface area contributed by atoms with Crippen molar-refractivity contribution in [2.24, 2.45) is 11.8 Å². The summed E-state index contributed by atoms with van der Waals surface area (Å²) in [7, 11) is 0. The van der Waals surface area contributed by atoms with Gasteiger partial charge >= 0.3 is 5.97 Å². The van der Waals surface area contributed by atoms with Gasteiger partial charge in [0, 0.05) is 17.3 Å². The van der Waals surface area contributed by atoms with Gasteiger partial charge in [-0.15, -0.1) is 18.3 Å². The lowest BCUT2D eigenvalue weighted by Gasteiger charge is -2.40. The summed E-state index contributed by atoms with van der Waals surface area (Å²) in [5.41, 5.74) is 0. The summed E-state index contributed by atoms with van der Waals surface area (Å²) in [6, 6.07) is -1.29. The summed E-state index contributed by atoms with van der Waals surface area (Å²) in [5.74, 6) is -1.90. The van der Waals surface area contributed by atoms with Gasteiger partial charge in [-0.3, -0.25) is 14.4 Å². The molecule has 0 radical (unpaired) electrons. The van der Waals surface area contributed by atoms with Crippen LogP contribution in [0.4, 0.5) is 0 Å². The molecule has 6 atom stereocenters. The SMILES string of the molecule is C=CCN(C(=O)C1N([C@H](C)CO)C(=O)[C@@H]2[C@@H](C(=O)OCC)[C@@]3(C)CCC12S3)C(C)C. The lowest BCUT2D eigenvalue weighted by molar-refractivity contribution is -0.155. The van der Waals surface area contributed by atoms with Gasteiger partial charge in [-0.05, 0) is 47.5 Å². The lowest BCUT2D eigenvalue weighted by atomic mass is 9.66. The second-order valence-corrected chi connectivity index (χ2v) is 11.0. The number of esters is 1. The van der Waals surface area contributed by atoms with Crippen molar-refractivity contribution in [3.05, 3.63) is 12.7 Å². The van der Waals surface area contributed by atoms with Crippen LogP contribution in [0.3, 0.4) is 0 Å². The monoisotopic (exact) mass is 438 g/mol. The molecule has 2 bridgehead atoms. The third-order valence-corrected chi connectivity index (χ3v) is 8.95. The number of carbonyl (C=O) groups is 3. The molecule has 2 amide bonds. The molecule has 0 aromatic carbocycles. The molecule has 0 saturated carbocycles. The first kappa shape index (κ1) is 23.1. The van der Waals surface area contributed by atoms with Crippen LogP contribution in [0.5, 0.6) is 0 Å². The van der Waals surface area contributed by atoms with Crippen LogP contribution in [0.1, 0.15) is 47.5 Å². The van der Waals surface area contributed by atoms with Crippen LogP contribution in [-0.2, 0) is 19.1 Å². The van der Waals surface area contributed by atoms with Crippen molar-refractivity contribution in [3.63, 3.8) is 0 Å². The minimum atomic E-state index is -0.717. The number of ether oxygens (including phenoxy) is 1. The lowest BCUT2D eigenvalue weighted by Crippen LogP contribution is -2.58. The topological polar surface area (TPSA) is 87.2 Å². The standard InChI is InChI=1S/C22H34N2O5S/c1-7-11-23(13(3)4)19(27)17-22-10-9-21(6,30-22)16(20(28)29-8-2)15(22)18(26)24(17)14(5)12-25/h7,13-17,25H,1,8-12H2,2-6H3/t14-,15+,16+,17?,21-,22?/m1/s1. The number of aliphatic hydroxyl groups is 1. The Bertz CT molecular complexity index is 743. The largest absolute Gasteiger partial charge is 0.466 e. The number of rotatable bonds is 8. The molecule has 0 aliphatic carbocycles. The summed E-state index contributed by atoms with van der Waals surface area (Å²) < 4.78 is 4.25. The van der Waals surface area contributed by atoms with E-state index in [1.807, 2.05) is 20.8 Å². The van der Waals surface area contributed by atoms with Crippen molar-refractivity contribution in [2.45, 2.75) is 75.1 Å². The fourth-order valence-electron chi connectivity index (χ4n) is 5.65. The van der Waals surface area contributed by atoms with Crippen molar-refractivity contribution in [3.8, 4) is 0 Å². The molecule has 8 heteroatoms. The van der Waals surface area contributed by atoms with Crippen molar-refractivity contribution in [1.29, 1.82) is 0 Å². The number of carbonyl (C=O) groups excluding carboxylic acids is 3. The first-order valence-corrected chi connectivity index (χ1v) is 11.6. The van der Waals surface area contributed by atoms with E-state index in [9.17, 15) is 19.5 Å². The summed E-state index contributed by atoms with van der Waals surface area (Å²) in [4.78, 5) is 43.8. The fourth-order valence-corrected chi connectivity index (χ4v) is 7.97. The normalized spacial score (nSPS) is 35.5. The van der Waals surface area contributed by atoms with E-state index >= 15 is 0 Å². The number of likely N-dealkylation sites (tertiary alicyclic amines) is 1. The van der Waals surface area contributed by atoms with Crippen LogP contribution in [0.2, 0.25) is 0 Å². The number of aliphatic hydroxyl groups excluding tert-OH is 1. The van der Waals surface area contributed by atoms with Crippen LogP contribution in [0.15, 0.2) is 12.7 Å². The van der Waals surface area contributed by atoms with Crippen LogP contribution in [-0.4, -0.2) is 80.1 Å². The van der Waals surface area contributed by atoms with Gasteiger partial charge in [-0.1, -0.05) is 6.08 Å². The third-order valence-electron chi connectivity index (χ3n) is 6.96. The Labute approximate surface area is 183 Å². The predicted molar refractivity (Wildman–Crippen MR) is 116 cm³/mol. The zero-order chi connectivity index (χ0) is 22.4. The van der Waals surface area contributed by atoms with E-state index in [2.05, 4.69) is 6.58 Å². The maximum atomic E-state index is 13.9. The smallest absolute Gasteiger partial charge is 0.311 e. The molecule has 0 aromatic heterocycles. The molecule has 2 unspecified atom stereocenters. The highest BCUT2D eigenvalue weighted by Gasteiger charge is 2.78. The molecule has 30 heavy (non-hydrogen) atoms. The Balaban J connectivity index is 2.11. The molecule has 3 rings (SSSR count). The fraction of sp³-hybridized carbons (Fsp3) is 0.773. The Morgan fingerprint density at radius 3 is 2.60 bits per heavy atom. The first-order chi connectivity index (χ1) is 14.1. The van der Waals surface area contributed by atoms with E-state index in [0.29, 0.717) is 13.0 Å². The second kappa shape index (κ2) is 8.19. The number of hydrogen-bond acceptors (Lipinski definition) is 6. The molecule has 7 nitrogen and oxygen atoms in total. The predicted octanol–water partition coefficient (Wildman–Crippen LogP) is 1.83. The maximum Gasteiger partial charge on any atom is 0.311 e. The van der Waals surface area contributed by atoms with Crippen molar-refractivity contribution in [2.75, 3.05) is 19.8 Å². The number of fused-ring (bicyclic) bond motifs is 1. The van der Waals surface area contributed by atoms with Crippen molar-refractivity contribution in [1.82, 2.24) is 9.80 Å². The van der Waals surface area contributed by atoms with Crippen molar-refractivity contribution < 1.29 is 24.2 Å². The Kier molecular flexibility index (Phi) is 6.31. The molecule has 1 spiro atoms. The van der Waals surface area contributed by atoms with Crippen molar-refractivity contribution >= 4 is 29.5 Å². The van der Waals surface area contributed by atoms with Crippen LogP contribution in [0.25, 0.3) is 0 Å². The van der Waals surface area contributed by atoms with Gasteiger partial charge < -0.3 is 19.6 Å². The number of amides is 2. The highest BCUT2D eigenvalue weighted by atomic mass is 32.2. The van der Waals surface area contributed by atoms with Crippen LogP contribution < -0.4 is 0 Å². The zero-order valence-electron chi connectivity index (χ0n) is 18.6. The summed E-state index contributed by atoms with van der Waals surface area (Å²) in [5, 5.41) is 9.87. The Morgan fingerprint density at radius 2 is 2.07 bits per heavy atom. The minimum absolute atomic E-state index is 0.0626. The van der Waals surface area contributed by atoms with E-state index in [0.717, 1.165) is 6.42 Å². The van der Waals surface area contributed by atoms with Crippen LogP contribution in [0, 0.1) is 11.8 Å². The zero-order valence-corrected chi connectivity index (χ0v) is 19.4. The Morgan fingerprint density at radius 1 is 1.40 bits per heavy atom. The van der Waals surface area contributed by atoms with Gasteiger partial charge in [0.1, 0.15) is 6.04 Å². The van der Waals surface area contributed by atoms with E-state index in [1.54, 1.807) is 41.5 Å². The van der Waals surface area contributed by atoms with E-state index < -0.39 is 33.4 Å². The number of nitrogens with zero attached hydrogens (tertiary/aromatic N) is 2. The average Bonchev–Trinajstić information content (AvgIpc) is 3.25. The molecule has 3 aliphatic rings. The Hall–Kier alpha value is -1.54. The molecule has 168 valence electrons. The summed E-state index contributed by atoms with van der Waals surface area (Å²) in [6.07, 6.45) is 3.12. The minimum Gasteiger partial charge on any atom is -0.466 e. The molecular weight excluding hydrogens is 404 g/mol. The first-order valence-electron chi connectivity index (χ1n) is 10.8. The van der Waals surface area contributed by atoms with E-state index in [-0.39, 0.29) is 37.0 Å². The highest BCUT2D eigenvalue weighted by Crippen LogP contribution is 2.71. The van der Waals surface area contributed by atoms with E-state index in [4.69, 9.17) is 4.74 Å². The average molecular weight is 439 g/mol. The van der Waals surface area contributed by atoms with Gasteiger partial charge in [-0.25, -0.2) is 0 Å². The molecular formula is C22H34N2O5S. The molecule has 3 fully saturated rings. The second-order valence-electron chi connectivity index (χ2n) is 9.13. The molecule has 1 N–H and O–H groups in total. The van der Waals surface area contributed by atoms with E-state index in [1.165, 1.54) is 0 Å². The van der Waals surface area contributed by atoms with Crippen LogP contribution >= 0.6 is 11.8 Å². The maximum absolute atomic E-state index is 13.9. The molecule has 3 saturated heterocycles. The molecule has 3 heterocycles. The van der Waals surface area contributed by atoms with Gasteiger partial charge in [0.15, 0.2) is 0 Å². The quantitative estimate of drug-likeness (QED) is 0.460. The van der Waals surface area contributed by atoms with Gasteiger partial charge in [0.05, 0.1) is 35.8 Å². The highest BCUT2D eigenvalue weighted by molar-refractivity contribution is 8.02. The number of hydrogen-bond donors (Lipinski definition) is 1. The molecule has 3 aliphatic heterocycles.